The van der Waals surface area contributed by atoms with E-state index in [-0.39, 0.29) is 6.04 Å². The van der Waals surface area contributed by atoms with Crippen LogP contribution in [0.5, 0.6) is 0 Å². The normalized spacial score (nSPS) is 12.0. The highest BCUT2D eigenvalue weighted by atomic mass is 32.2. The molecule has 114 valence electrons. The summed E-state index contributed by atoms with van der Waals surface area (Å²) in [6.07, 6.45) is 2.62. The Morgan fingerprint density at radius 1 is 1.10 bits per heavy atom. The molecule has 0 amide bonds. The van der Waals surface area contributed by atoms with Crippen molar-refractivity contribution in [2.24, 2.45) is 0 Å². The van der Waals surface area contributed by atoms with Gasteiger partial charge in [0.15, 0.2) is 0 Å². The largest absolute Gasteiger partial charge is 0.313 e. The molecule has 0 spiro atoms. The van der Waals surface area contributed by atoms with Gasteiger partial charge in [-0.05, 0) is 37.4 Å². The van der Waals surface area contributed by atoms with E-state index in [1.165, 1.54) is 0 Å². The highest BCUT2D eigenvalue weighted by molar-refractivity contribution is 7.89. The van der Waals surface area contributed by atoms with E-state index < -0.39 is 10.0 Å². The molecule has 0 aliphatic carbocycles. The first-order valence-electron chi connectivity index (χ1n) is 7.36. The van der Waals surface area contributed by atoms with Crippen LogP contribution in [0.2, 0.25) is 0 Å². The van der Waals surface area contributed by atoms with Crippen molar-refractivity contribution in [2.75, 3.05) is 6.54 Å². The summed E-state index contributed by atoms with van der Waals surface area (Å²) in [5.41, 5.74) is 0.819. The van der Waals surface area contributed by atoms with E-state index in [1.807, 2.05) is 26.0 Å². The van der Waals surface area contributed by atoms with Crippen molar-refractivity contribution >= 4 is 10.0 Å². The summed E-state index contributed by atoms with van der Waals surface area (Å²) in [7, 11) is -3.44. The molecule has 1 aromatic rings. The van der Waals surface area contributed by atoms with E-state index in [9.17, 15) is 8.42 Å². The van der Waals surface area contributed by atoms with Gasteiger partial charge in [-0.2, -0.15) is 0 Å². The van der Waals surface area contributed by atoms with Crippen LogP contribution in [0, 0.1) is 0 Å². The molecule has 1 rings (SSSR count). The van der Waals surface area contributed by atoms with Crippen LogP contribution in [-0.2, 0) is 16.6 Å². The second-order valence-electron chi connectivity index (χ2n) is 4.92. The molecule has 0 aliphatic rings. The molecule has 0 aromatic heterocycles. The predicted octanol–water partition coefficient (Wildman–Crippen LogP) is 2.65. The number of benzene rings is 1. The Bertz CT molecular complexity index is 496. The fraction of sp³-hybridized carbons (Fsp3) is 0.600. The van der Waals surface area contributed by atoms with Crippen LogP contribution in [0.25, 0.3) is 0 Å². The fourth-order valence-electron chi connectivity index (χ4n) is 2.05. The molecule has 0 aliphatic heterocycles. The van der Waals surface area contributed by atoms with Gasteiger partial charge in [-0.15, -0.1) is 0 Å². The summed E-state index contributed by atoms with van der Waals surface area (Å²) < 4.78 is 27.7. The van der Waals surface area contributed by atoms with Crippen LogP contribution in [0.1, 0.15) is 45.6 Å². The molecule has 0 unspecified atom stereocenters. The molecule has 0 saturated carbocycles. The molecule has 0 fully saturated rings. The second kappa shape index (κ2) is 8.39. The quantitative estimate of drug-likeness (QED) is 0.689. The van der Waals surface area contributed by atoms with Crippen LogP contribution < -0.4 is 10.0 Å². The van der Waals surface area contributed by atoms with Crippen LogP contribution in [0.4, 0.5) is 0 Å². The van der Waals surface area contributed by atoms with Crippen molar-refractivity contribution in [3.8, 4) is 0 Å². The maximum absolute atomic E-state index is 12.5. The van der Waals surface area contributed by atoms with Gasteiger partial charge in [-0.3, -0.25) is 0 Å². The number of rotatable bonds is 9. The first-order valence-corrected chi connectivity index (χ1v) is 8.84. The SMILES string of the molecule is CCCNCc1ccccc1S(=O)(=O)NC(CC)CC. The van der Waals surface area contributed by atoms with Gasteiger partial charge in [0, 0.05) is 12.6 Å². The Morgan fingerprint density at radius 2 is 1.75 bits per heavy atom. The number of hydrogen-bond donors (Lipinski definition) is 2. The fourth-order valence-corrected chi connectivity index (χ4v) is 3.69. The lowest BCUT2D eigenvalue weighted by molar-refractivity contribution is 0.528. The van der Waals surface area contributed by atoms with Crippen molar-refractivity contribution in [1.29, 1.82) is 0 Å². The van der Waals surface area contributed by atoms with E-state index in [0.717, 1.165) is 31.4 Å². The molecular weight excluding hydrogens is 272 g/mol. The minimum absolute atomic E-state index is 0.00310. The summed E-state index contributed by atoms with van der Waals surface area (Å²) in [5, 5.41) is 3.25. The first-order chi connectivity index (χ1) is 9.55. The van der Waals surface area contributed by atoms with Crippen molar-refractivity contribution in [3.63, 3.8) is 0 Å². The van der Waals surface area contributed by atoms with Gasteiger partial charge in [-0.25, -0.2) is 13.1 Å². The summed E-state index contributed by atoms with van der Waals surface area (Å²) >= 11 is 0. The molecule has 1 aromatic carbocycles. The molecule has 0 heterocycles. The van der Waals surface area contributed by atoms with E-state index in [4.69, 9.17) is 0 Å². The maximum Gasteiger partial charge on any atom is 0.241 e. The average molecular weight is 298 g/mol. The van der Waals surface area contributed by atoms with Crippen LogP contribution in [-0.4, -0.2) is 21.0 Å². The Balaban J connectivity index is 2.93. The Hall–Kier alpha value is -0.910. The lowest BCUT2D eigenvalue weighted by Gasteiger charge is -2.17. The minimum Gasteiger partial charge on any atom is -0.313 e. The zero-order chi connectivity index (χ0) is 15.0. The molecule has 2 N–H and O–H groups in total. The maximum atomic E-state index is 12.5. The Kier molecular flexibility index (Phi) is 7.19. The standard InChI is InChI=1S/C15H26N2O2S/c1-4-11-16-12-13-9-7-8-10-15(13)20(18,19)17-14(5-2)6-3/h7-10,14,16-17H,4-6,11-12H2,1-3H3. The molecule has 4 nitrogen and oxygen atoms in total. The number of sulfonamides is 1. The Labute approximate surface area is 123 Å². The third-order valence-electron chi connectivity index (χ3n) is 3.31. The van der Waals surface area contributed by atoms with Gasteiger partial charge in [0.2, 0.25) is 10.0 Å². The molecule has 5 heteroatoms. The van der Waals surface area contributed by atoms with Crippen molar-refractivity contribution in [3.05, 3.63) is 29.8 Å². The van der Waals surface area contributed by atoms with Gasteiger partial charge < -0.3 is 5.32 Å². The first kappa shape index (κ1) is 17.1. The Morgan fingerprint density at radius 3 is 2.35 bits per heavy atom. The second-order valence-corrected chi connectivity index (χ2v) is 6.60. The highest BCUT2D eigenvalue weighted by Gasteiger charge is 2.20. The average Bonchev–Trinajstić information content (AvgIpc) is 2.45. The smallest absolute Gasteiger partial charge is 0.241 e. The van der Waals surface area contributed by atoms with Crippen molar-refractivity contribution in [2.45, 2.75) is 57.5 Å². The topological polar surface area (TPSA) is 58.2 Å². The van der Waals surface area contributed by atoms with Gasteiger partial charge in [0.1, 0.15) is 0 Å². The number of nitrogens with one attached hydrogen (secondary N) is 2. The van der Waals surface area contributed by atoms with Crippen LogP contribution >= 0.6 is 0 Å². The monoisotopic (exact) mass is 298 g/mol. The van der Waals surface area contributed by atoms with Crippen molar-refractivity contribution < 1.29 is 8.42 Å². The van der Waals surface area contributed by atoms with Crippen LogP contribution in [0.15, 0.2) is 29.2 Å². The zero-order valence-corrected chi connectivity index (χ0v) is 13.5. The zero-order valence-electron chi connectivity index (χ0n) is 12.6. The summed E-state index contributed by atoms with van der Waals surface area (Å²) in [4.78, 5) is 0.385. The highest BCUT2D eigenvalue weighted by Crippen LogP contribution is 2.16. The minimum atomic E-state index is -3.44. The molecule has 0 atom stereocenters. The van der Waals surface area contributed by atoms with Gasteiger partial charge in [-0.1, -0.05) is 39.0 Å². The predicted molar refractivity (Wildman–Crippen MR) is 83.1 cm³/mol. The van der Waals surface area contributed by atoms with E-state index in [2.05, 4.69) is 17.0 Å². The molecular formula is C15H26N2O2S. The van der Waals surface area contributed by atoms with Gasteiger partial charge in [0.25, 0.3) is 0 Å². The van der Waals surface area contributed by atoms with Crippen LogP contribution in [0.3, 0.4) is 0 Å². The third kappa shape index (κ3) is 4.89. The lowest BCUT2D eigenvalue weighted by atomic mass is 10.2. The summed E-state index contributed by atoms with van der Waals surface area (Å²) in [6, 6.07) is 7.18. The van der Waals surface area contributed by atoms with E-state index in [0.29, 0.717) is 11.4 Å². The van der Waals surface area contributed by atoms with E-state index in [1.54, 1.807) is 12.1 Å². The molecule has 0 bridgehead atoms. The third-order valence-corrected chi connectivity index (χ3v) is 4.93. The van der Waals surface area contributed by atoms with Gasteiger partial charge >= 0.3 is 0 Å². The molecule has 0 radical (unpaired) electrons. The summed E-state index contributed by atoms with van der Waals surface area (Å²) in [6.45, 7) is 7.53. The van der Waals surface area contributed by atoms with Gasteiger partial charge in [0.05, 0.1) is 4.90 Å². The number of hydrogen-bond acceptors (Lipinski definition) is 3. The van der Waals surface area contributed by atoms with Crippen molar-refractivity contribution in [1.82, 2.24) is 10.0 Å². The summed E-state index contributed by atoms with van der Waals surface area (Å²) in [5.74, 6) is 0. The molecule has 0 saturated heterocycles. The van der Waals surface area contributed by atoms with E-state index >= 15 is 0 Å². The lowest BCUT2D eigenvalue weighted by Crippen LogP contribution is -2.34. The molecule has 20 heavy (non-hydrogen) atoms.